The van der Waals surface area contributed by atoms with E-state index >= 15 is 0 Å². The van der Waals surface area contributed by atoms with Gasteiger partial charge in [-0.15, -0.1) is 10.2 Å². The number of anilines is 1. The Morgan fingerprint density at radius 3 is 2.66 bits per heavy atom. The van der Waals surface area contributed by atoms with Gasteiger partial charge in [-0.3, -0.25) is 4.57 Å². The third-order valence-corrected chi connectivity index (χ3v) is 5.72. The van der Waals surface area contributed by atoms with E-state index in [4.69, 9.17) is 21.1 Å². The lowest BCUT2D eigenvalue weighted by atomic mass is 10.2. The number of morpholine rings is 1. The first kappa shape index (κ1) is 20.1. The molecule has 0 bridgehead atoms. The molecule has 0 aliphatic carbocycles. The van der Waals surface area contributed by atoms with Crippen LogP contribution in [0.3, 0.4) is 0 Å². The molecular formula is C21H23ClN4O2S. The lowest BCUT2D eigenvalue weighted by Gasteiger charge is -2.28. The van der Waals surface area contributed by atoms with Crippen molar-refractivity contribution in [3.63, 3.8) is 0 Å². The number of thioether (sulfide) groups is 1. The summed E-state index contributed by atoms with van der Waals surface area (Å²) in [5.41, 5.74) is 1.22. The van der Waals surface area contributed by atoms with Crippen molar-refractivity contribution in [2.45, 2.75) is 11.7 Å². The van der Waals surface area contributed by atoms with Gasteiger partial charge in [-0.05, 0) is 23.8 Å². The molecule has 0 N–H and O–H groups in total. The Labute approximate surface area is 179 Å². The molecule has 29 heavy (non-hydrogen) atoms. The molecule has 1 aliphatic rings. The summed E-state index contributed by atoms with van der Waals surface area (Å²) < 4.78 is 13.5. The maximum atomic E-state index is 6.01. The molecular weight excluding hydrogens is 408 g/mol. The number of aromatic nitrogens is 3. The van der Waals surface area contributed by atoms with E-state index in [1.165, 1.54) is 5.56 Å². The van der Waals surface area contributed by atoms with Gasteiger partial charge in [-0.25, -0.2) is 0 Å². The molecule has 2 heterocycles. The second-order valence-corrected chi connectivity index (χ2v) is 8.11. The summed E-state index contributed by atoms with van der Waals surface area (Å²) in [5.74, 6) is 2.44. The molecule has 3 aromatic rings. The van der Waals surface area contributed by atoms with Crippen LogP contribution in [0.5, 0.6) is 5.75 Å². The zero-order valence-electron chi connectivity index (χ0n) is 16.0. The monoisotopic (exact) mass is 430 g/mol. The van der Waals surface area contributed by atoms with E-state index in [1.54, 1.807) is 11.8 Å². The fraction of sp³-hybridized carbons (Fsp3) is 0.333. The second kappa shape index (κ2) is 10.0. The molecule has 4 rings (SSSR count). The van der Waals surface area contributed by atoms with Gasteiger partial charge in [-0.1, -0.05) is 59.8 Å². The highest BCUT2D eigenvalue weighted by atomic mass is 35.5. The molecule has 1 aliphatic heterocycles. The molecule has 2 aromatic carbocycles. The first-order valence-electron chi connectivity index (χ1n) is 9.60. The topological polar surface area (TPSA) is 52.4 Å². The molecule has 152 valence electrons. The molecule has 0 saturated carbocycles. The summed E-state index contributed by atoms with van der Waals surface area (Å²) >= 11 is 7.66. The van der Waals surface area contributed by atoms with Crippen molar-refractivity contribution in [1.29, 1.82) is 0 Å². The van der Waals surface area contributed by atoms with Crippen LogP contribution in [0.25, 0.3) is 0 Å². The number of hydrogen-bond donors (Lipinski definition) is 0. The molecule has 1 aromatic heterocycles. The van der Waals surface area contributed by atoms with Gasteiger partial charge in [0.25, 0.3) is 0 Å². The minimum absolute atomic E-state index is 0.566. The van der Waals surface area contributed by atoms with Crippen LogP contribution < -0.4 is 9.64 Å². The van der Waals surface area contributed by atoms with Gasteiger partial charge in [0.2, 0.25) is 5.95 Å². The molecule has 1 fully saturated rings. The Balaban J connectivity index is 1.44. The van der Waals surface area contributed by atoms with Gasteiger partial charge < -0.3 is 14.4 Å². The van der Waals surface area contributed by atoms with Crippen molar-refractivity contribution in [2.24, 2.45) is 0 Å². The summed E-state index contributed by atoms with van der Waals surface area (Å²) in [5, 5.41) is 10.5. The highest BCUT2D eigenvalue weighted by Crippen LogP contribution is 2.24. The Morgan fingerprint density at radius 2 is 1.86 bits per heavy atom. The normalized spacial score (nSPS) is 14.2. The third-order valence-electron chi connectivity index (χ3n) is 4.55. The van der Waals surface area contributed by atoms with Crippen molar-refractivity contribution >= 4 is 29.3 Å². The van der Waals surface area contributed by atoms with E-state index in [0.29, 0.717) is 24.8 Å². The number of halogens is 1. The maximum Gasteiger partial charge on any atom is 0.228 e. The van der Waals surface area contributed by atoms with Gasteiger partial charge in [-0.2, -0.15) is 0 Å². The quantitative estimate of drug-likeness (QED) is 0.398. The van der Waals surface area contributed by atoms with Gasteiger partial charge in [0.05, 0.1) is 26.4 Å². The highest BCUT2D eigenvalue weighted by Gasteiger charge is 2.20. The zero-order valence-corrected chi connectivity index (χ0v) is 17.6. The van der Waals surface area contributed by atoms with Crippen molar-refractivity contribution in [3.05, 3.63) is 65.2 Å². The van der Waals surface area contributed by atoms with E-state index in [1.807, 2.05) is 30.3 Å². The minimum atomic E-state index is 0.566. The highest BCUT2D eigenvalue weighted by molar-refractivity contribution is 7.99. The van der Waals surface area contributed by atoms with Crippen molar-refractivity contribution < 1.29 is 9.47 Å². The number of ether oxygens (including phenoxy) is 2. The summed E-state index contributed by atoms with van der Waals surface area (Å²) in [6.45, 7) is 4.39. The van der Waals surface area contributed by atoms with E-state index in [-0.39, 0.29) is 0 Å². The van der Waals surface area contributed by atoms with Crippen LogP contribution in [0.15, 0.2) is 59.8 Å². The maximum absolute atomic E-state index is 6.01. The van der Waals surface area contributed by atoms with Crippen molar-refractivity contribution in [1.82, 2.24) is 14.8 Å². The molecule has 0 spiro atoms. The number of benzene rings is 2. The molecule has 0 atom stereocenters. The average molecular weight is 431 g/mol. The first-order chi connectivity index (χ1) is 14.3. The first-order valence-corrected chi connectivity index (χ1v) is 11.0. The molecule has 6 nitrogen and oxygen atoms in total. The Bertz CT molecular complexity index is 916. The molecule has 0 amide bonds. The van der Waals surface area contributed by atoms with Crippen molar-refractivity contribution in [3.8, 4) is 5.75 Å². The predicted octanol–water partition coefficient (Wildman–Crippen LogP) is 3.99. The fourth-order valence-corrected chi connectivity index (χ4v) is 4.07. The van der Waals surface area contributed by atoms with Crippen LogP contribution in [-0.2, 0) is 11.3 Å². The van der Waals surface area contributed by atoms with Gasteiger partial charge in [0.1, 0.15) is 5.75 Å². The summed E-state index contributed by atoms with van der Waals surface area (Å²) in [6, 6.07) is 17.8. The molecule has 8 heteroatoms. The number of nitrogens with zero attached hydrogens (tertiary/aromatic N) is 4. The molecule has 1 saturated heterocycles. The SMILES string of the molecule is Clc1cccc(OCCSc2nnc(N3CCOCC3)n2Cc2ccccc2)c1. The lowest BCUT2D eigenvalue weighted by molar-refractivity contribution is 0.121. The molecule has 0 unspecified atom stereocenters. The predicted molar refractivity (Wildman–Crippen MR) is 116 cm³/mol. The van der Waals surface area contributed by atoms with Crippen molar-refractivity contribution in [2.75, 3.05) is 43.6 Å². The van der Waals surface area contributed by atoms with E-state index < -0.39 is 0 Å². The van der Waals surface area contributed by atoms with Gasteiger partial charge >= 0.3 is 0 Å². The van der Waals surface area contributed by atoms with Crippen LogP contribution in [0.4, 0.5) is 5.95 Å². The zero-order chi connectivity index (χ0) is 19.9. The van der Waals surface area contributed by atoms with Crippen LogP contribution in [0, 0.1) is 0 Å². The number of rotatable bonds is 8. The Morgan fingerprint density at radius 1 is 1.03 bits per heavy atom. The van der Waals surface area contributed by atoms with E-state index in [9.17, 15) is 0 Å². The van der Waals surface area contributed by atoms with Crippen LogP contribution >= 0.6 is 23.4 Å². The standard InChI is InChI=1S/C21H23ClN4O2S/c22-18-7-4-8-19(15-18)28-13-14-29-21-24-23-20(25-9-11-27-12-10-25)26(21)16-17-5-2-1-3-6-17/h1-8,15H,9-14,16H2. The van der Waals surface area contributed by atoms with Gasteiger partial charge in [0.15, 0.2) is 5.16 Å². The van der Waals surface area contributed by atoms with Gasteiger partial charge in [0, 0.05) is 23.9 Å². The van der Waals surface area contributed by atoms with Crippen LogP contribution in [0.1, 0.15) is 5.56 Å². The fourth-order valence-electron chi connectivity index (χ4n) is 3.14. The van der Waals surface area contributed by atoms with E-state index in [0.717, 1.165) is 42.2 Å². The average Bonchev–Trinajstić information content (AvgIpc) is 3.15. The largest absolute Gasteiger partial charge is 0.493 e. The summed E-state index contributed by atoms with van der Waals surface area (Å²) in [7, 11) is 0. The van der Waals surface area contributed by atoms with E-state index in [2.05, 4.69) is 43.9 Å². The Kier molecular flexibility index (Phi) is 6.92. The summed E-state index contributed by atoms with van der Waals surface area (Å²) in [6.07, 6.45) is 0. The number of hydrogen-bond acceptors (Lipinski definition) is 6. The smallest absolute Gasteiger partial charge is 0.228 e. The van der Waals surface area contributed by atoms with Crippen LogP contribution in [0.2, 0.25) is 5.02 Å². The summed E-state index contributed by atoms with van der Waals surface area (Å²) in [4.78, 5) is 2.24. The van der Waals surface area contributed by atoms with Crippen LogP contribution in [-0.4, -0.2) is 53.4 Å². The minimum Gasteiger partial charge on any atom is -0.493 e. The lowest BCUT2D eigenvalue weighted by Crippen LogP contribution is -2.38. The molecule has 0 radical (unpaired) electrons. The second-order valence-electron chi connectivity index (χ2n) is 6.61. The third kappa shape index (κ3) is 5.44. The Hall–Kier alpha value is -2.22.